The average molecular weight is 371 g/mol. The molecule has 0 amide bonds. The molecule has 0 aromatic rings. The first-order chi connectivity index (χ1) is 11.9. The van der Waals surface area contributed by atoms with Gasteiger partial charge in [0.1, 0.15) is 0 Å². The topological polar surface area (TPSA) is 64.6 Å². The van der Waals surface area contributed by atoms with Crippen LogP contribution in [-0.2, 0) is 33.2 Å². The summed E-state index contributed by atoms with van der Waals surface area (Å²) in [6, 6.07) is 0. The molecule has 8 heteroatoms. The molecule has 0 aromatic heterocycles. The highest BCUT2D eigenvalue weighted by atomic mass is 32.1. The summed E-state index contributed by atoms with van der Waals surface area (Å²) >= 11 is 4.05. The number of rotatable bonds is 21. The Balaban J connectivity index is 2.93. The maximum atomic E-state index is 5.39. The van der Waals surface area contributed by atoms with Gasteiger partial charge in [0.25, 0.3) is 0 Å². The van der Waals surface area contributed by atoms with Gasteiger partial charge in [-0.15, -0.1) is 0 Å². The zero-order valence-corrected chi connectivity index (χ0v) is 15.8. The molecule has 0 radical (unpaired) electrons. The molecule has 0 unspecified atom stereocenters. The Morgan fingerprint density at radius 3 is 0.917 bits per heavy atom. The summed E-state index contributed by atoms with van der Waals surface area (Å²) in [7, 11) is 0. The van der Waals surface area contributed by atoms with Crippen LogP contribution < -0.4 is 0 Å². The van der Waals surface area contributed by atoms with Gasteiger partial charge in [0.2, 0.25) is 0 Å². The SMILES string of the molecule is CCOCCOCCOCCOCCOCCOCCOCCS. The molecular weight excluding hydrogens is 336 g/mol. The van der Waals surface area contributed by atoms with Crippen LogP contribution in [0.1, 0.15) is 6.92 Å². The molecule has 0 aliphatic rings. The van der Waals surface area contributed by atoms with E-state index in [1.54, 1.807) is 0 Å². The number of hydrogen-bond acceptors (Lipinski definition) is 8. The van der Waals surface area contributed by atoms with E-state index in [1.807, 2.05) is 6.92 Å². The first-order valence-corrected chi connectivity index (χ1v) is 9.20. The Bertz CT molecular complexity index is 201. The van der Waals surface area contributed by atoms with Crippen LogP contribution in [0.15, 0.2) is 0 Å². The molecule has 24 heavy (non-hydrogen) atoms. The second kappa shape index (κ2) is 23.1. The van der Waals surface area contributed by atoms with Crippen molar-refractivity contribution < 1.29 is 33.2 Å². The molecule has 0 heterocycles. The first kappa shape index (κ1) is 24.1. The van der Waals surface area contributed by atoms with Crippen molar-refractivity contribution in [2.75, 3.05) is 98.2 Å². The monoisotopic (exact) mass is 370 g/mol. The Hall–Kier alpha value is 0.0700. The fourth-order valence-electron chi connectivity index (χ4n) is 1.53. The first-order valence-electron chi connectivity index (χ1n) is 8.56. The molecule has 0 atom stereocenters. The Morgan fingerprint density at radius 2 is 0.667 bits per heavy atom. The Labute approximate surface area is 151 Å². The van der Waals surface area contributed by atoms with Crippen molar-refractivity contribution >= 4 is 12.6 Å². The third-order valence-corrected chi connectivity index (χ3v) is 2.85. The second-order valence-electron chi connectivity index (χ2n) is 4.59. The fraction of sp³-hybridized carbons (Fsp3) is 1.00. The minimum absolute atomic E-state index is 0.555. The lowest BCUT2D eigenvalue weighted by molar-refractivity contribution is -0.0196. The van der Waals surface area contributed by atoms with Gasteiger partial charge in [0.05, 0.1) is 85.9 Å². The van der Waals surface area contributed by atoms with Crippen LogP contribution in [0, 0.1) is 0 Å². The van der Waals surface area contributed by atoms with Gasteiger partial charge in [0, 0.05) is 12.4 Å². The van der Waals surface area contributed by atoms with Gasteiger partial charge >= 0.3 is 0 Å². The minimum Gasteiger partial charge on any atom is -0.379 e. The lowest BCUT2D eigenvalue weighted by Crippen LogP contribution is -2.14. The highest BCUT2D eigenvalue weighted by Crippen LogP contribution is 1.85. The summed E-state index contributed by atoms with van der Waals surface area (Å²) < 4.78 is 37.2. The largest absolute Gasteiger partial charge is 0.379 e. The average Bonchev–Trinajstić information content (AvgIpc) is 2.60. The van der Waals surface area contributed by atoms with Gasteiger partial charge in [-0.05, 0) is 6.92 Å². The van der Waals surface area contributed by atoms with Crippen LogP contribution in [0.4, 0.5) is 0 Å². The molecule has 0 aliphatic heterocycles. The van der Waals surface area contributed by atoms with Gasteiger partial charge in [-0.1, -0.05) is 0 Å². The van der Waals surface area contributed by atoms with Crippen LogP contribution in [0.2, 0.25) is 0 Å². The molecule has 0 aliphatic carbocycles. The van der Waals surface area contributed by atoms with E-state index in [1.165, 1.54) is 0 Å². The van der Waals surface area contributed by atoms with Crippen LogP contribution >= 0.6 is 12.6 Å². The van der Waals surface area contributed by atoms with E-state index in [0.717, 1.165) is 12.4 Å². The van der Waals surface area contributed by atoms with Crippen LogP contribution in [-0.4, -0.2) is 98.2 Å². The van der Waals surface area contributed by atoms with E-state index >= 15 is 0 Å². The summed E-state index contributed by atoms with van der Waals surface area (Å²) in [5.74, 6) is 0.733. The van der Waals surface area contributed by atoms with Crippen molar-refractivity contribution in [3.8, 4) is 0 Å². The van der Waals surface area contributed by atoms with Crippen LogP contribution in [0.25, 0.3) is 0 Å². The summed E-state index contributed by atoms with van der Waals surface area (Å²) in [5.41, 5.74) is 0. The van der Waals surface area contributed by atoms with Crippen molar-refractivity contribution in [2.45, 2.75) is 6.92 Å². The van der Waals surface area contributed by atoms with Gasteiger partial charge in [-0.2, -0.15) is 12.6 Å². The lowest BCUT2D eigenvalue weighted by Gasteiger charge is -2.08. The smallest absolute Gasteiger partial charge is 0.0701 e. The molecule has 0 N–H and O–H groups in total. The molecule has 0 fully saturated rings. The van der Waals surface area contributed by atoms with Crippen LogP contribution in [0.5, 0.6) is 0 Å². The van der Waals surface area contributed by atoms with Crippen LogP contribution in [0.3, 0.4) is 0 Å². The van der Waals surface area contributed by atoms with E-state index in [9.17, 15) is 0 Å². The van der Waals surface area contributed by atoms with Gasteiger partial charge in [-0.25, -0.2) is 0 Å². The van der Waals surface area contributed by atoms with E-state index in [-0.39, 0.29) is 0 Å². The fourth-order valence-corrected chi connectivity index (χ4v) is 1.66. The molecule has 0 rings (SSSR count). The van der Waals surface area contributed by atoms with Crippen molar-refractivity contribution in [1.82, 2.24) is 0 Å². The normalized spacial score (nSPS) is 11.2. The Morgan fingerprint density at radius 1 is 0.417 bits per heavy atom. The third kappa shape index (κ3) is 22.1. The summed E-state index contributed by atoms with van der Waals surface area (Å²) in [6.07, 6.45) is 0. The Kier molecular flexibility index (Phi) is 23.1. The standard InChI is InChI=1S/C16H34O7S/c1-2-17-3-4-18-5-6-19-7-8-20-9-10-21-11-12-22-13-14-23-15-16-24/h24H,2-16H2,1H3. The van der Waals surface area contributed by atoms with Crippen molar-refractivity contribution in [2.24, 2.45) is 0 Å². The molecule has 0 saturated carbocycles. The number of thiol groups is 1. The molecule has 146 valence electrons. The minimum atomic E-state index is 0.555. The maximum absolute atomic E-state index is 5.39. The van der Waals surface area contributed by atoms with Crippen molar-refractivity contribution in [3.63, 3.8) is 0 Å². The highest BCUT2D eigenvalue weighted by molar-refractivity contribution is 7.80. The van der Waals surface area contributed by atoms with E-state index < -0.39 is 0 Å². The van der Waals surface area contributed by atoms with Gasteiger partial charge in [-0.3, -0.25) is 0 Å². The summed E-state index contributed by atoms with van der Waals surface area (Å²) in [6.45, 7) is 10.3. The van der Waals surface area contributed by atoms with E-state index in [0.29, 0.717) is 85.9 Å². The lowest BCUT2D eigenvalue weighted by atomic mass is 10.6. The molecular formula is C16H34O7S. The third-order valence-electron chi connectivity index (χ3n) is 2.67. The molecule has 7 nitrogen and oxygen atoms in total. The van der Waals surface area contributed by atoms with E-state index in [2.05, 4.69) is 12.6 Å². The zero-order valence-electron chi connectivity index (χ0n) is 14.9. The highest BCUT2D eigenvalue weighted by Gasteiger charge is 1.94. The second-order valence-corrected chi connectivity index (χ2v) is 5.04. The molecule has 0 bridgehead atoms. The number of hydrogen-bond donors (Lipinski definition) is 1. The van der Waals surface area contributed by atoms with Gasteiger partial charge in [0.15, 0.2) is 0 Å². The predicted octanol–water partition coefficient (Wildman–Crippen LogP) is 1.05. The van der Waals surface area contributed by atoms with E-state index in [4.69, 9.17) is 33.2 Å². The maximum Gasteiger partial charge on any atom is 0.0701 e. The molecule has 0 saturated heterocycles. The summed E-state index contributed by atoms with van der Waals surface area (Å²) in [4.78, 5) is 0. The molecule has 0 spiro atoms. The predicted molar refractivity (Wildman–Crippen MR) is 95.3 cm³/mol. The molecule has 0 aromatic carbocycles. The van der Waals surface area contributed by atoms with Gasteiger partial charge < -0.3 is 33.2 Å². The van der Waals surface area contributed by atoms with Crippen molar-refractivity contribution in [1.29, 1.82) is 0 Å². The summed E-state index contributed by atoms with van der Waals surface area (Å²) in [5, 5.41) is 0. The zero-order chi connectivity index (χ0) is 17.6. The quantitative estimate of drug-likeness (QED) is 0.239. The number of ether oxygens (including phenoxy) is 7. The van der Waals surface area contributed by atoms with Crippen molar-refractivity contribution in [3.05, 3.63) is 0 Å².